The third-order valence-electron chi connectivity index (χ3n) is 4.54. The lowest BCUT2D eigenvalue weighted by atomic mass is 10.1. The summed E-state index contributed by atoms with van der Waals surface area (Å²) in [6, 6.07) is 3.42. The summed E-state index contributed by atoms with van der Waals surface area (Å²) >= 11 is 0. The van der Waals surface area contributed by atoms with Crippen LogP contribution in [0.2, 0.25) is 0 Å². The van der Waals surface area contributed by atoms with Gasteiger partial charge in [0.2, 0.25) is 11.8 Å². The highest BCUT2D eigenvalue weighted by Crippen LogP contribution is 2.26. The van der Waals surface area contributed by atoms with Crippen molar-refractivity contribution >= 4 is 29.3 Å². The molecule has 26 heavy (non-hydrogen) atoms. The number of nitrogens with zero attached hydrogens (tertiary/aromatic N) is 4. The summed E-state index contributed by atoms with van der Waals surface area (Å²) in [7, 11) is 0. The van der Waals surface area contributed by atoms with Gasteiger partial charge in [0.05, 0.1) is 16.1 Å². The molecule has 10 heteroatoms. The van der Waals surface area contributed by atoms with Crippen LogP contribution in [-0.4, -0.2) is 76.0 Å². The van der Waals surface area contributed by atoms with Gasteiger partial charge in [-0.25, -0.2) is 0 Å². The van der Waals surface area contributed by atoms with Gasteiger partial charge in [0.1, 0.15) is 6.54 Å². The van der Waals surface area contributed by atoms with E-state index in [9.17, 15) is 29.3 Å². The van der Waals surface area contributed by atoms with Crippen molar-refractivity contribution < 1.29 is 24.1 Å². The summed E-state index contributed by atoms with van der Waals surface area (Å²) in [5, 5.41) is 10.8. The Kier molecular flexibility index (Phi) is 4.41. The number of non-ortho nitro benzene ring substituents is 1. The second-order valence-corrected chi connectivity index (χ2v) is 6.07. The van der Waals surface area contributed by atoms with Crippen molar-refractivity contribution in [2.75, 3.05) is 32.7 Å². The molecule has 136 valence electrons. The average molecular weight is 360 g/mol. The number of carbonyl (C=O) groups excluding carboxylic acids is 4. The molecule has 1 saturated heterocycles. The van der Waals surface area contributed by atoms with Crippen LogP contribution in [0.3, 0.4) is 0 Å². The van der Waals surface area contributed by atoms with Crippen molar-refractivity contribution in [3.05, 3.63) is 39.4 Å². The van der Waals surface area contributed by atoms with Gasteiger partial charge in [0.15, 0.2) is 0 Å². The third-order valence-corrected chi connectivity index (χ3v) is 4.54. The molecule has 10 nitrogen and oxygen atoms in total. The monoisotopic (exact) mass is 360 g/mol. The number of piperazine rings is 1. The van der Waals surface area contributed by atoms with Crippen molar-refractivity contribution in [1.82, 2.24) is 14.7 Å². The summed E-state index contributed by atoms with van der Waals surface area (Å²) in [4.78, 5) is 62.6. The topological polar surface area (TPSA) is 121 Å². The van der Waals surface area contributed by atoms with Gasteiger partial charge >= 0.3 is 0 Å². The smallest absolute Gasteiger partial charge is 0.270 e. The number of fused-ring (bicyclic) bond motifs is 1. The van der Waals surface area contributed by atoms with Gasteiger partial charge in [-0.15, -0.1) is 0 Å². The zero-order chi connectivity index (χ0) is 19.0. The normalized spacial score (nSPS) is 16.7. The number of imide groups is 1. The zero-order valence-electron chi connectivity index (χ0n) is 14.0. The van der Waals surface area contributed by atoms with Crippen molar-refractivity contribution in [2.24, 2.45) is 0 Å². The molecule has 0 N–H and O–H groups in total. The van der Waals surface area contributed by atoms with Gasteiger partial charge in [-0.05, 0) is 6.07 Å². The number of carbonyl (C=O) groups is 4. The Morgan fingerprint density at radius 2 is 1.62 bits per heavy atom. The maximum absolute atomic E-state index is 12.4. The molecule has 0 bridgehead atoms. The van der Waals surface area contributed by atoms with Crippen LogP contribution in [0.25, 0.3) is 0 Å². The first-order valence-electron chi connectivity index (χ1n) is 7.97. The van der Waals surface area contributed by atoms with Gasteiger partial charge in [-0.3, -0.25) is 34.2 Å². The minimum absolute atomic E-state index is 0.0507. The highest BCUT2D eigenvalue weighted by molar-refractivity contribution is 6.22. The van der Waals surface area contributed by atoms with Gasteiger partial charge < -0.3 is 9.80 Å². The number of nitro benzene ring substituents is 1. The SMILES string of the molecule is CC(=O)N1CCN(C(=O)CN2C(=O)c3ccc([N+](=O)[O-])cc3C2=O)CC1. The summed E-state index contributed by atoms with van der Waals surface area (Å²) in [6.07, 6.45) is 0. The molecule has 0 atom stereocenters. The van der Waals surface area contributed by atoms with E-state index in [1.54, 1.807) is 4.90 Å². The van der Waals surface area contributed by atoms with Crippen LogP contribution < -0.4 is 0 Å². The number of amides is 4. The Morgan fingerprint density at radius 3 is 2.19 bits per heavy atom. The molecule has 4 amide bonds. The lowest BCUT2D eigenvalue weighted by Crippen LogP contribution is -2.52. The van der Waals surface area contributed by atoms with Crippen LogP contribution in [0.4, 0.5) is 5.69 Å². The molecule has 0 radical (unpaired) electrons. The van der Waals surface area contributed by atoms with E-state index >= 15 is 0 Å². The quantitative estimate of drug-likeness (QED) is 0.421. The van der Waals surface area contributed by atoms with E-state index < -0.39 is 29.2 Å². The Balaban J connectivity index is 1.70. The van der Waals surface area contributed by atoms with E-state index in [1.165, 1.54) is 17.9 Å². The molecule has 0 saturated carbocycles. The predicted molar refractivity (Wildman–Crippen MR) is 87.3 cm³/mol. The van der Waals surface area contributed by atoms with Crippen molar-refractivity contribution in [2.45, 2.75) is 6.92 Å². The minimum Gasteiger partial charge on any atom is -0.339 e. The number of hydrogen-bond donors (Lipinski definition) is 0. The van der Waals surface area contributed by atoms with Gasteiger partial charge in [0, 0.05) is 45.2 Å². The van der Waals surface area contributed by atoms with Crippen LogP contribution in [-0.2, 0) is 9.59 Å². The van der Waals surface area contributed by atoms with E-state index in [0.29, 0.717) is 26.2 Å². The van der Waals surface area contributed by atoms with Gasteiger partial charge in [-0.1, -0.05) is 0 Å². The van der Waals surface area contributed by atoms with E-state index in [1.807, 2.05) is 0 Å². The Morgan fingerprint density at radius 1 is 1.04 bits per heavy atom. The molecule has 2 heterocycles. The zero-order valence-corrected chi connectivity index (χ0v) is 14.0. The Hall–Kier alpha value is -3.30. The molecule has 0 unspecified atom stereocenters. The lowest BCUT2D eigenvalue weighted by molar-refractivity contribution is -0.384. The lowest BCUT2D eigenvalue weighted by Gasteiger charge is -2.34. The van der Waals surface area contributed by atoms with Crippen LogP contribution in [0.15, 0.2) is 18.2 Å². The highest BCUT2D eigenvalue weighted by atomic mass is 16.6. The predicted octanol–water partition coefficient (Wildman–Crippen LogP) is -0.119. The molecule has 3 rings (SSSR count). The fraction of sp³-hybridized carbons (Fsp3) is 0.375. The summed E-state index contributed by atoms with van der Waals surface area (Å²) in [6.45, 7) is 2.47. The second-order valence-electron chi connectivity index (χ2n) is 6.07. The largest absolute Gasteiger partial charge is 0.339 e. The molecule has 0 aliphatic carbocycles. The van der Waals surface area contributed by atoms with Crippen LogP contribution >= 0.6 is 0 Å². The molecule has 1 aromatic carbocycles. The fourth-order valence-corrected chi connectivity index (χ4v) is 3.04. The first-order valence-corrected chi connectivity index (χ1v) is 7.97. The highest BCUT2D eigenvalue weighted by Gasteiger charge is 2.38. The standard InChI is InChI=1S/C16H16N4O6/c1-10(21)17-4-6-18(7-5-17)14(22)9-19-15(23)12-3-2-11(20(25)26)8-13(12)16(19)24/h2-3,8H,4-7,9H2,1H3. The molecule has 0 spiro atoms. The summed E-state index contributed by atoms with van der Waals surface area (Å²) in [5.74, 6) is -1.84. The number of rotatable bonds is 3. The first kappa shape index (κ1) is 17.5. The molecule has 1 aromatic rings. The van der Waals surface area contributed by atoms with Crippen LogP contribution in [0.5, 0.6) is 0 Å². The van der Waals surface area contributed by atoms with Crippen molar-refractivity contribution in [3.8, 4) is 0 Å². The van der Waals surface area contributed by atoms with Crippen LogP contribution in [0.1, 0.15) is 27.6 Å². The van der Waals surface area contributed by atoms with Gasteiger partial charge in [0.25, 0.3) is 17.5 Å². The Bertz CT molecular complexity index is 828. The molecule has 2 aliphatic heterocycles. The van der Waals surface area contributed by atoms with Crippen molar-refractivity contribution in [1.29, 1.82) is 0 Å². The maximum Gasteiger partial charge on any atom is 0.270 e. The number of nitro groups is 1. The van der Waals surface area contributed by atoms with E-state index in [4.69, 9.17) is 0 Å². The van der Waals surface area contributed by atoms with Crippen molar-refractivity contribution in [3.63, 3.8) is 0 Å². The maximum atomic E-state index is 12.4. The molecule has 0 aromatic heterocycles. The second kappa shape index (κ2) is 6.54. The third kappa shape index (κ3) is 3.01. The minimum atomic E-state index is -0.718. The molecular formula is C16H16N4O6. The Labute approximate surface area is 148 Å². The number of benzene rings is 1. The van der Waals surface area contributed by atoms with E-state index in [-0.39, 0.29) is 22.7 Å². The fourth-order valence-electron chi connectivity index (χ4n) is 3.04. The number of hydrogen-bond acceptors (Lipinski definition) is 6. The van der Waals surface area contributed by atoms with Crippen LogP contribution in [0, 0.1) is 10.1 Å². The first-order chi connectivity index (χ1) is 12.3. The average Bonchev–Trinajstić information content (AvgIpc) is 2.86. The summed E-state index contributed by atoms with van der Waals surface area (Å²) < 4.78 is 0. The van der Waals surface area contributed by atoms with E-state index in [0.717, 1.165) is 17.0 Å². The van der Waals surface area contributed by atoms with E-state index in [2.05, 4.69) is 0 Å². The molecule has 1 fully saturated rings. The summed E-state index contributed by atoms with van der Waals surface area (Å²) in [5.41, 5.74) is -0.313. The molecular weight excluding hydrogens is 344 g/mol. The molecule has 2 aliphatic rings. The van der Waals surface area contributed by atoms with Gasteiger partial charge in [-0.2, -0.15) is 0 Å².